The van der Waals surface area contributed by atoms with E-state index in [9.17, 15) is 8.42 Å². The summed E-state index contributed by atoms with van der Waals surface area (Å²) in [5.41, 5.74) is 0.745. The van der Waals surface area contributed by atoms with E-state index in [1.54, 1.807) is 7.05 Å². The number of likely N-dealkylation sites (N-methyl/N-ethyl adjacent to an activating group) is 1. The van der Waals surface area contributed by atoms with Crippen LogP contribution < -0.4 is 9.21 Å². The Morgan fingerprint density at radius 1 is 1.38 bits per heavy atom. The Hall–Kier alpha value is -1.24. The Morgan fingerprint density at radius 3 is 2.56 bits per heavy atom. The molecule has 6 nitrogen and oxygen atoms in total. The minimum atomic E-state index is -3.23. The van der Waals surface area contributed by atoms with Crippen molar-refractivity contribution in [3.63, 3.8) is 0 Å². The fraction of sp³-hybridized carbons (Fsp3) is 0.667. The van der Waals surface area contributed by atoms with E-state index in [0.29, 0.717) is 5.82 Å². The first-order chi connectivity index (χ1) is 7.32. The summed E-state index contributed by atoms with van der Waals surface area (Å²) in [7, 11) is 0.281. The number of nitrogens with zero attached hydrogens (tertiary/aromatic N) is 4. The van der Waals surface area contributed by atoms with Crippen molar-refractivity contribution >= 4 is 21.8 Å². The molecule has 0 N–H and O–H groups in total. The third-order valence-electron chi connectivity index (χ3n) is 2.88. The molecule has 1 aromatic heterocycles. The van der Waals surface area contributed by atoms with E-state index >= 15 is 0 Å². The number of rotatable bonds is 2. The van der Waals surface area contributed by atoms with Gasteiger partial charge in [0.15, 0.2) is 0 Å². The summed E-state index contributed by atoms with van der Waals surface area (Å²) in [6.45, 7) is 3.48. The average molecular weight is 244 g/mol. The predicted octanol–water partition coefficient (Wildman–Crippen LogP) is 0.0371. The van der Waals surface area contributed by atoms with E-state index in [-0.39, 0.29) is 0 Å². The molecule has 0 aliphatic carbocycles. The number of hydrogen-bond donors (Lipinski definition) is 0. The molecular weight excluding hydrogens is 228 g/mol. The van der Waals surface area contributed by atoms with Crippen LogP contribution >= 0.6 is 0 Å². The van der Waals surface area contributed by atoms with Crippen molar-refractivity contribution in [1.29, 1.82) is 0 Å². The zero-order chi connectivity index (χ0) is 12.1. The van der Waals surface area contributed by atoms with Crippen molar-refractivity contribution in [1.82, 2.24) is 9.55 Å². The topological polar surface area (TPSA) is 58.4 Å². The summed E-state index contributed by atoms with van der Waals surface area (Å²) in [5.74, 6) is 1.50. The predicted molar refractivity (Wildman–Crippen MR) is 63.5 cm³/mol. The van der Waals surface area contributed by atoms with Gasteiger partial charge in [0, 0.05) is 27.2 Å². The summed E-state index contributed by atoms with van der Waals surface area (Å²) >= 11 is 0. The number of aromatic nitrogens is 2. The summed E-state index contributed by atoms with van der Waals surface area (Å²) in [6, 6.07) is 0. The zero-order valence-electron chi connectivity index (χ0n) is 9.93. The molecule has 0 atom stereocenters. The van der Waals surface area contributed by atoms with Crippen LogP contribution in [0.5, 0.6) is 0 Å². The van der Waals surface area contributed by atoms with Gasteiger partial charge in [-0.25, -0.2) is 13.4 Å². The lowest BCUT2D eigenvalue weighted by molar-refractivity contribution is 0.598. The second-order valence-electron chi connectivity index (χ2n) is 4.12. The van der Waals surface area contributed by atoms with Crippen LogP contribution in [-0.4, -0.2) is 44.9 Å². The first kappa shape index (κ1) is 11.3. The van der Waals surface area contributed by atoms with Crippen LogP contribution in [0, 0.1) is 6.92 Å². The quantitative estimate of drug-likeness (QED) is 0.737. The van der Waals surface area contributed by atoms with Gasteiger partial charge in [-0.2, -0.15) is 0 Å². The molecule has 1 aliphatic heterocycles. The summed E-state index contributed by atoms with van der Waals surface area (Å²) in [5, 5.41) is 0. The minimum Gasteiger partial charge on any atom is -0.343 e. The van der Waals surface area contributed by atoms with Crippen molar-refractivity contribution in [3.8, 4) is 0 Å². The first-order valence-electron chi connectivity index (χ1n) is 5.04. The summed E-state index contributed by atoms with van der Waals surface area (Å²) in [4.78, 5) is 6.41. The highest BCUT2D eigenvalue weighted by atomic mass is 32.2. The minimum absolute atomic E-state index is 0.668. The van der Waals surface area contributed by atoms with E-state index in [1.807, 2.05) is 23.4 Å². The molecule has 0 fully saturated rings. The van der Waals surface area contributed by atoms with Crippen molar-refractivity contribution in [2.24, 2.45) is 0 Å². The van der Waals surface area contributed by atoms with Gasteiger partial charge in [-0.3, -0.25) is 8.87 Å². The molecular formula is C9H16N4O2S. The number of hydrogen-bond acceptors (Lipinski definition) is 4. The Labute approximate surface area is 95.5 Å². The van der Waals surface area contributed by atoms with Gasteiger partial charge in [0.1, 0.15) is 5.82 Å². The fourth-order valence-electron chi connectivity index (χ4n) is 1.95. The molecule has 2 heterocycles. The lowest BCUT2D eigenvalue weighted by Crippen LogP contribution is -2.27. The molecule has 0 spiro atoms. The van der Waals surface area contributed by atoms with Gasteiger partial charge in [-0.1, -0.05) is 0 Å². The molecule has 1 aliphatic rings. The maximum absolute atomic E-state index is 11.5. The molecule has 0 unspecified atom stereocenters. The van der Waals surface area contributed by atoms with Crippen molar-refractivity contribution in [2.45, 2.75) is 13.5 Å². The smallest absolute Gasteiger partial charge is 0.233 e. The van der Waals surface area contributed by atoms with Gasteiger partial charge in [-0.05, 0) is 6.92 Å². The standard InChI is InChI=1S/C9H16N4O2S/c1-7-8(12(3)16(4,14)15)13-6-5-11(2)9(13)10-7/h5-6H2,1-4H3. The maximum Gasteiger partial charge on any atom is 0.233 e. The average Bonchev–Trinajstić information content (AvgIpc) is 2.64. The Kier molecular flexibility index (Phi) is 2.37. The van der Waals surface area contributed by atoms with E-state index in [0.717, 1.165) is 24.7 Å². The molecule has 1 aromatic rings. The van der Waals surface area contributed by atoms with Crippen LogP contribution in [0.15, 0.2) is 0 Å². The molecule has 0 bridgehead atoms. The Morgan fingerprint density at radius 2 is 2.00 bits per heavy atom. The normalized spacial score (nSPS) is 15.4. The fourth-order valence-corrected chi connectivity index (χ4v) is 2.50. The number of imidazole rings is 1. The largest absolute Gasteiger partial charge is 0.343 e. The lowest BCUT2D eigenvalue weighted by atomic mass is 10.5. The highest BCUT2D eigenvalue weighted by Crippen LogP contribution is 2.30. The third-order valence-corrected chi connectivity index (χ3v) is 4.05. The zero-order valence-corrected chi connectivity index (χ0v) is 10.7. The SMILES string of the molecule is Cc1nc2n(c1N(C)S(C)(=O)=O)CCN2C. The first-order valence-corrected chi connectivity index (χ1v) is 6.89. The van der Waals surface area contributed by atoms with Crippen LogP contribution in [0.3, 0.4) is 0 Å². The molecule has 2 rings (SSSR count). The molecule has 90 valence electrons. The number of sulfonamides is 1. The van der Waals surface area contributed by atoms with Crippen molar-refractivity contribution in [2.75, 3.05) is 36.1 Å². The van der Waals surface area contributed by atoms with E-state index < -0.39 is 10.0 Å². The number of aryl methyl sites for hydroxylation is 1. The van der Waals surface area contributed by atoms with E-state index in [2.05, 4.69) is 4.98 Å². The van der Waals surface area contributed by atoms with E-state index in [1.165, 1.54) is 10.6 Å². The van der Waals surface area contributed by atoms with Gasteiger partial charge in [0.2, 0.25) is 16.0 Å². The second-order valence-corrected chi connectivity index (χ2v) is 6.14. The molecule has 7 heteroatoms. The van der Waals surface area contributed by atoms with Gasteiger partial charge < -0.3 is 4.90 Å². The van der Waals surface area contributed by atoms with Crippen LogP contribution in [0.4, 0.5) is 11.8 Å². The Bertz CT molecular complexity index is 520. The monoisotopic (exact) mass is 244 g/mol. The number of anilines is 2. The Balaban J connectivity index is 2.55. The number of fused-ring (bicyclic) bond motifs is 1. The molecule has 0 amide bonds. The maximum atomic E-state index is 11.5. The highest BCUT2D eigenvalue weighted by molar-refractivity contribution is 7.92. The van der Waals surface area contributed by atoms with Crippen molar-refractivity contribution < 1.29 is 8.42 Å². The summed E-state index contributed by atoms with van der Waals surface area (Å²) < 4.78 is 26.3. The van der Waals surface area contributed by atoms with Gasteiger partial charge in [0.25, 0.3) is 0 Å². The third kappa shape index (κ3) is 1.55. The molecule has 0 saturated heterocycles. The van der Waals surface area contributed by atoms with E-state index in [4.69, 9.17) is 0 Å². The molecule has 16 heavy (non-hydrogen) atoms. The van der Waals surface area contributed by atoms with Crippen LogP contribution in [0.2, 0.25) is 0 Å². The van der Waals surface area contributed by atoms with Crippen LogP contribution in [0.1, 0.15) is 5.69 Å². The van der Waals surface area contributed by atoms with Gasteiger partial charge in [-0.15, -0.1) is 0 Å². The summed E-state index contributed by atoms with van der Waals surface area (Å²) in [6.07, 6.45) is 1.20. The lowest BCUT2D eigenvalue weighted by Gasteiger charge is -2.17. The highest BCUT2D eigenvalue weighted by Gasteiger charge is 2.27. The molecule has 0 aromatic carbocycles. The van der Waals surface area contributed by atoms with Gasteiger partial charge in [0.05, 0.1) is 11.9 Å². The van der Waals surface area contributed by atoms with Crippen LogP contribution in [0.25, 0.3) is 0 Å². The van der Waals surface area contributed by atoms with Crippen LogP contribution in [-0.2, 0) is 16.6 Å². The van der Waals surface area contributed by atoms with Gasteiger partial charge >= 0.3 is 0 Å². The molecule has 0 saturated carbocycles. The van der Waals surface area contributed by atoms with Crippen molar-refractivity contribution in [3.05, 3.63) is 5.69 Å². The molecule has 0 radical (unpaired) electrons. The second kappa shape index (κ2) is 3.38.